The van der Waals surface area contributed by atoms with Crippen molar-refractivity contribution in [2.24, 2.45) is 5.73 Å². The van der Waals surface area contributed by atoms with Gasteiger partial charge in [-0.3, -0.25) is 5.41 Å². The number of nitrogen functional groups attached to an aromatic ring is 1. The van der Waals surface area contributed by atoms with Crippen molar-refractivity contribution in [1.82, 2.24) is 0 Å². The van der Waals surface area contributed by atoms with Crippen molar-refractivity contribution in [2.45, 2.75) is 6.18 Å². The van der Waals surface area contributed by atoms with Crippen LogP contribution in [0, 0.1) is 11.5 Å². The van der Waals surface area contributed by atoms with Crippen LogP contribution in [0.1, 0.15) is 11.1 Å². The molecule has 0 aliphatic carbocycles. The van der Waals surface area contributed by atoms with Crippen LogP contribution in [0.3, 0.4) is 0 Å². The molecule has 1 radical (unpaired) electrons. The minimum Gasteiger partial charge on any atom is -0.384 e. The number of hydrogen-bond acceptors (Lipinski definition) is 1. The number of nitrogens with two attached hydrogens (primary N) is 1. The fourth-order valence-electron chi connectivity index (χ4n) is 0.900. The molecule has 1 aromatic carbocycles. The van der Waals surface area contributed by atoms with E-state index in [-0.39, 0.29) is 5.56 Å². The van der Waals surface area contributed by atoms with E-state index in [1.54, 1.807) is 0 Å². The van der Waals surface area contributed by atoms with Crippen LogP contribution in [-0.4, -0.2) is 5.84 Å². The lowest BCUT2D eigenvalue weighted by Gasteiger charge is -2.10. The van der Waals surface area contributed by atoms with Crippen LogP contribution in [0.25, 0.3) is 0 Å². The van der Waals surface area contributed by atoms with E-state index in [0.717, 1.165) is 12.1 Å². The summed E-state index contributed by atoms with van der Waals surface area (Å²) in [7, 11) is 0. The monoisotopic (exact) mass is 187 g/mol. The molecule has 1 rings (SSSR count). The highest BCUT2D eigenvalue weighted by Crippen LogP contribution is 2.31. The van der Waals surface area contributed by atoms with Crippen LogP contribution in [-0.2, 0) is 6.18 Å². The molecule has 0 fully saturated rings. The fraction of sp³-hybridized carbons (Fsp3) is 0.125. The molecule has 2 nitrogen and oxygen atoms in total. The average molecular weight is 187 g/mol. The second-order valence-corrected chi connectivity index (χ2v) is 2.38. The van der Waals surface area contributed by atoms with Gasteiger partial charge in [-0.1, -0.05) is 12.1 Å². The molecular weight excluding hydrogens is 181 g/mol. The SMILES string of the molecule is N=C(N)c1cc[c]cc1C(F)(F)F. The van der Waals surface area contributed by atoms with E-state index in [2.05, 4.69) is 6.07 Å². The molecule has 0 unspecified atom stereocenters. The van der Waals surface area contributed by atoms with Gasteiger partial charge in [-0.15, -0.1) is 0 Å². The Bertz CT molecular complexity index is 330. The average Bonchev–Trinajstić information content (AvgIpc) is 2.03. The quantitative estimate of drug-likeness (QED) is 0.511. The summed E-state index contributed by atoms with van der Waals surface area (Å²) in [5, 5.41) is 6.92. The Morgan fingerprint density at radius 2 is 2.08 bits per heavy atom. The highest BCUT2D eigenvalue weighted by Gasteiger charge is 2.33. The normalized spacial score (nSPS) is 11.3. The zero-order chi connectivity index (χ0) is 10.1. The second-order valence-electron chi connectivity index (χ2n) is 2.38. The topological polar surface area (TPSA) is 49.9 Å². The lowest BCUT2D eigenvalue weighted by Crippen LogP contribution is -2.18. The molecule has 0 saturated carbocycles. The van der Waals surface area contributed by atoms with Crippen LogP contribution in [0.4, 0.5) is 13.2 Å². The van der Waals surface area contributed by atoms with Gasteiger partial charge in [0.05, 0.1) is 5.56 Å². The lowest BCUT2D eigenvalue weighted by atomic mass is 10.1. The summed E-state index contributed by atoms with van der Waals surface area (Å²) in [4.78, 5) is 0. The molecule has 0 spiro atoms. The zero-order valence-corrected chi connectivity index (χ0v) is 6.44. The van der Waals surface area contributed by atoms with Gasteiger partial charge in [-0.25, -0.2) is 0 Å². The first-order chi connectivity index (χ1) is 5.93. The number of amidine groups is 1. The van der Waals surface area contributed by atoms with E-state index in [1.165, 1.54) is 6.07 Å². The first kappa shape index (κ1) is 9.57. The van der Waals surface area contributed by atoms with Crippen LogP contribution in [0.2, 0.25) is 0 Å². The molecule has 0 heterocycles. The fourth-order valence-corrected chi connectivity index (χ4v) is 0.900. The number of alkyl halides is 3. The van der Waals surface area contributed by atoms with Crippen molar-refractivity contribution in [1.29, 1.82) is 5.41 Å². The third-order valence-electron chi connectivity index (χ3n) is 1.46. The Hall–Kier alpha value is -1.52. The summed E-state index contributed by atoms with van der Waals surface area (Å²) in [5.41, 5.74) is 3.74. The first-order valence-electron chi connectivity index (χ1n) is 3.34. The molecule has 5 heteroatoms. The predicted octanol–water partition coefficient (Wildman–Crippen LogP) is 1.79. The molecule has 0 atom stereocenters. The van der Waals surface area contributed by atoms with Gasteiger partial charge < -0.3 is 5.73 Å². The Balaban J connectivity index is 3.28. The van der Waals surface area contributed by atoms with E-state index in [1.807, 2.05) is 0 Å². The summed E-state index contributed by atoms with van der Waals surface area (Å²) < 4.78 is 36.7. The Kier molecular flexibility index (Phi) is 2.27. The lowest BCUT2D eigenvalue weighted by molar-refractivity contribution is -0.137. The van der Waals surface area contributed by atoms with Crippen LogP contribution >= 0.6 is 0 Å². The molecule has 0 aromatic heterocycles. The van der Waals surface area contributed by atoms with Gasteiger partial charge in [0.2, 0.25) is 0 Å². The standard InChI is InChI=1S/C8H6F3N2/c9-8(10,11)6-4-2-1-3-5(6)7(12)13/h1,3-4H,(H3,12,13). The van der Waals surface area contributed by atoms with Crippen molar-refractivity contribution < 1.29 is 13.2 Å². The van der Waals surface area contributed by atoms with Gasteiger partial charge in [0.15, 0.2) is 0 Å². The minimum atomic E-state index is -4.49. The molecular formula is C8H6F3N2. The van der Waals surface area contributed by atoms with E-state index < -0.39 is 17.6 Å². The highest BCUT2D eigenvalue weighted by molar-refractivity contribution is 5.96. The third-order valence-corrected chi connectivity index (χ3v) is 1.46. The van der Waals surface area contributed by atoms with E-state index >= 15 is 0 Å². The van der Waals surface area contributed by atoms with Gasteiger partial charge in [0.1, 0.15) is 5.84 Å². The maximum absolute atomic E-state index is 12.2. The van der Waals surface area contributed by atoms with Crippen molar-refractivity contribution in [3.8, 4) is 0 Å². The largest absolute Gasteiger partial charge is 0.417 e. The van der Waals surface area contributed by atoms with Crippen molar-refractivity contribution in [2.75, 3.05) is 0 Å². The first-order valence-corrected chi connectivity index (χ1v) is 3.34. The maximum Gasteiger partial charge on any atom is 0.417 e. The van der Waals surface area contributed by atoms with Gasteiger partial charge in [0.25, 0.3) is 0 Å². The summed E-state index contributed by atoms with van der Waals surface area (Å²) in [6.07, 6.45) is -4.49. The zero-order valence-electron chi connectivity index (χ0n) is 6.44. The summed E-state index contributed by atoms with van der Waals surface area (Å²) >= 11 is 0. The van der Waals surface area contributed by atoms with Gasteiger partial charge in [-0.05, 0) is 12.1 Å². The van der Waals surface area contributed by atoms with Gasteiger partial charge >= 0.3 is 6.18 Å². The van der Waals surface area contributed by atoms with E-state index in [4.69, 9.17) is 11.1 Å². The third kappa shape index (κ3) is 1.99. The Morgan fingerprint density at radius 3 is 2.46 bits per heavy atom. The number of halogens is 3. The molecule has 0 saturated heterocycles. The summed E-state index contributed by atoms with van der Waals surface area (Å²) in [5.74, 6) is -0.596. The van der Waals surface area contributed by atoms with Gasteiger partial charge in [-0.2, -0.15) is 13.2 Å². The number of rotatable bonds is 1. The van der Waals surface area contributed by atoms with Crippen LogP contribution < -0.4 is 5.73 Å². The second kappa shape index (κ2) is 3.08. The molecule has 3 N–H and O–H groups in total. The Labute approximate surface area is 72.7 Å². The predicted molar refractivity (Wildman–Crippen MR) is 41.3 cm³/mol. The molecule has 0 aliphatic heterocycles. The van der Waals surface area contributed by atoms with Crippen LogP contribution in [0.5, 0.6) is 0 Å². The Morgan fingerprint density at radius 1 is 1.46 bits per heavy atom. The molecule has 0 bridgehead atoms. The maximum atomic E-state index is 12.2. The van der Waals surface area contributed by atoms with Crippen LogP contribution in [0.15, 0.2) is 18.2 Å². The smallest absolute Gasteiger partial charge is 0.384 e. The molecule has 0 aliphatic rings. The van der Waals surface area contributed by atoms with Crippen molar-refractivity contribution in [3.63, 3.8) is 0 Å². The van der Waals surface area contributed by atoms with Crippen molar-refractivity contribution in [3.05, 3.63) is 35.4 Å². The minimum absolute atomic E-state index is 0.314. The number of nitrogens with one attached hydrogen (secondary N) is 1. The molecule has 0 amide bonds. The summed E-state index contributed by atoms with van der Waals surface area (Å²) in [6.45, 7) is 0. The van der Waals surface area contributed by atoms with E-state index in [0.29, 0.717) is 0 Å². The van der Waals surface area contributed by atoms with Crippen molar-refractivity contribution >= 4 is 5.84 Å². The number of benzene rings is 1. The molecule has 1 aromatic rings. The highest BCUT2D eigenvalue weighted by atomic mass is 19.4. The summed E-state index contributed by atoms with van der Waals surface area (Å²) in [6, 6.07) is 5.47. The number of hydrogen-bond donors (Lipinski definition) is 2. The molecule has 69 valence electrons. The molecule has 13 heavy (non-hydrogen) atoms. The van der Waals surface area contributed by atoms with Gasteiger partial charge in [0, 0.05) is 5.56 Å². The van der Waals surface area contributed by atoms with E-state index in [9.17, 15) is 13.2 Å².